The molecule has 0 N–H and O–H groups in total. The fourth-order valence-electron chi connectivity index (χ4n) is 3.46. The average Bonchev–Trinajstić information content (AvgIpc) is 2.70. The summed E-state index contributed by atoms with van der Waals surface area (Å²) in [5.74, 6) is 0.545. The summed E-state index contributed by atoms with van der Waals surface area (Å²) < 4.78 is 5.43. The van der Waals surface area contributed by atoms with Gasteiger partial charge in [-0.2, -0.15) is 0 Å². The lowest BCUT2D eigenvalue weighted by atomic mass is 9.76. The van der Waals surface area contributed by atoms with E-state index in [-0.39, 0.29) is 11.4 Å². The van der Waals surface area contributed by atoms with Gasteiger partial charge in [-0.1, -0.05) is 71.8 Å². The Morgan fingerprint density at radius 1 is 1.14 bits per heavy atom. The van der Waals surface area contributed by atoms with Gasteiger partial charge in [0.15, 0.2) is 0 Å². The Hall–Kier alpha value is -0.790. The number of rotatable bonds is 9. The molecule has 0 heterocycles. The molecule has 21 heavy (non-hydrogen) atoms. The molecule has 1 aliphatic carbocycles. The van der Waals surface area contributed by atoms with Gasteiger partial charge in [-0.15, -0.1) is 0 Å². The van der Waals surface area contributed by atoms with Crippen molar-refractivity contribution in [1.82, 2.24) is 0 Å². The molecular weight excluding hydrogens is 260 g/mol. The van der Waals surface area contributed by atoms with Gasteiger partial charge in [0.25, 0.3) is 0 Å². The Labute approximate surface area is 131 Å². The molecule has 0 amide bonds. The fourth-order valence-corrected chi connectivity index (χ4v) is 3.46. The number of hydrogen-bond acceptors (Lipinski definition) is 2. The zero-order valence-electron chi connectivity index (χ0n) is 14.2. The molecule has 1 aliphatic rings. The molecule has 2 nitrogen and oxygen atoms in total. The van der Waals surface area contributed by atoms with Gasteiger partial charge in [0, 0.05) is 11.5 Å². The van der Waals surface area contributed by atoms with Gasteiger partial charge in [-0.05, 0) is 25.2 Å². The summed E-state index contributed by atoms with van der Waals surface area (Å²) >= 11 is 0. The van der Waals surface area contributed by atoms with Crippen LogP contribution in [0.1, 0.15) is 84.5 Å². The molecule has 0 bridgehead atoms. The third kappa shape index (κ3) is 7.68. The van der Waals surface area contributed by atoms with E-state index in [2.05, 4.69) is 20.4 Å². The van der Waals surface area contributed by atoms with Gasteiger partial charge in [0.05, 0.1) is 6.61 Å². The molecule has 0 spiro atoms. The molecule has 0 aromatic rings. The molecule has 1 fully saturated rings. The molecule has 1 rings (SSSR count). The molecule has 0 aliphatic heterocycles. The Kier molecular flexibility index (Phi) is 8.72. The standard InChI is InChI=1S/C19H34O2/c1-4-18(20)21-16-19(13-9-5-6-10-14-19)15-11-7-8-12-17(2)3/h4,17H,1,5-16H2,2-3H3. The Morgan fingerprint density at radius 2 is 1.81 bits per heavy atom. The second-order valence-electron chi connectivity index (χ2n) is 7.22. The number of ether oxygens (including phenoxy) is 1. The van der Waals surface area contributed by atoms with Crippen molar-refractivity contribution in [2.24, 2.45) is 11.3 Å². The predicted octanol–water partition coefficient (Wildman–Crippen LogP) is 5.66. The highest BCUT2D eigenvalue weighted by molar-refractivity contribution is 5.81. The van der Waals surface area contributed by atoms with E-state index in [1.54, 1.807) is 0 Å². The van der Waals surface area contributed by atoms with Gasteiger partial charge >= 0.3 is 5.97 Å². The van der Waals surface area contributed by atoms with Crippen molar-refractivity contribution in [2.45, 2.75) is 84.5 Å². The highest BCUT2D eigenvalue weighted by Gasteiger charge is 2.31. The van der Waals surface area contributed by atoms with Crippen molar-refractivity contribution < 1.29 is 9.53 Å². The first kappa shape index (κ1) is 18.3. The highest BCUT2D eigenvalue weighted by atomic mass is 16.5. The van der Waals surface area contributed by atoms with Crippen LogP contribution in [0, 0.1) is 11.3 Å². The van der Waals surface area contributed by atoms with Gasteiger partial charge in [0.1, 0.15) is 0 Å². The van der Waals surface area contributed by atoms with E-state index < -0.39 is 0 Å². The average molecular weight is 294 g/mol. The summed E-state index contributed by atoms with van der Waals surface area (Å²) in [6, 6.07) is 0. The van der Waals surface area contributed by atoms with Gasteiger partial charge in [-0.3, -0.25) is 0 Å². The first-order valence-electron chi connectivity index (χ1n) is 8.87. The van der Waals surface area contributed by atoms with E-state index in [0.717, 1.165) is 5.92 Å². The minimum atomic E-state index is -0.265. The Balaban J connectivity index is 2.42. The van der Waals surface area contributed by atoms with E-state index >= 15 is 0 Å². The number of hydrogen-bond donors (Lipinski definition) is 0. The molecule has 0 saturated heterocycles. The van der Waals surface area contributed by atoms with Crippen LogP contribution in [0.25, 0.3) is 0 Å². The normalized spacial score (nSPS) is 18.2. The monoisotopic (exact) mass is 294 g/mol. The molecule has 2 heteroatoms. The summed E-state index contributed by atoms with van der Waals surface area (Å²) in [7, 11) is 0. The van der Waals surface area contributed by atoms with E-state index in [1.807, 2.05) is 0 Å². The van der Waals surface area contributed by atoms with Crippen molar-refractivity contribution in [3.8, 4) is 0 Å². The largest absolute Gasteiger partial charge is 0.462 e. The summed E-state index contributed by atoms with van der Waals surface area (Å²) in [6.07, 6.45) is 15.5. The molecule has 1 saturated carbocycles. The highest BCUT2D eigenvalue weighted by Crippen LogP contribution is 2.40. The van der Waals surface area contributed by atoms with Crippen LogP contribution in [0.15, 0.2) is 12.7 Å². The van der Waals surface area contributed by atoms with Crippen LogP contribution in [0.2, 0.25) is 0 Å². The smallest absolute Gasteiger partial charge is 0.330 e. The summed E-state index contributed by atoms with van der Waals surface area (Å²) in [5, 5.41) is 0. The quantitative estimate of drug-likeness (QED) is 0.237. The molecule has 122 valence electrons. The topological polar surface area (TPSA) is 26.3 Å². The van der Waals surface area contributed by atoms with Gasteiger partial charge in [-0.25, -0.2) is 4.79 Å². The molecule has 0 unspecified atom stereocenters. The van der Waals surface area contributed by atoms with Crippen LogP contribution < -0.4 is 0 Å². The summed E-state index contributed by atoms with van der Waals surface area (Å²) in [6.45, 7) is 8.68. The lowest BCUT2D eigenvalue weighted by molar-refractivity contribution is -0.142. The van der Waals surface area contributed by atoms with E-state index in [0.29, 0.717) is 6.61 Å². The van der Waals surface area contributed by atoms with Crippen molar-refractivity contribution in [3.05, 3.63) is 12.7 Å². The zero-order chi connectivity index (χ0) is 15.6. The van der Waals surface area contributed by atoms with Crippen LogP contribution in [-0.4, -0.2) is 12.6 Å². The van der Waals surface area contributed by atoms with E-state index in [1.165, 1.54) is 76.7 Å². The zero-order valence-corrected chi connectivity index (χ0v) is 14.2. The lowest BCUT2D eigenvalue weighted by Gasteiger charge is -2.32. The van der Waals surface area contributed by atoms with E-state index in [4.69, 9.17) is 4.74 Å². The van der Waals surface area contributed by atoms with Crippen molar-refractivity contribution in [1.29, 1.82) is 0 Å². The SMILES string of the molecule is C=CC(=O)OCC1(CCCCCC(C)C)CCCCCC1. The van der Waals surface area contributed by atoms with Crippen molar-refractivity contribution >= 4 is 5.97 Å². The van der Waals surface area contributed by atoms with Crippen LogP contribution in [0.5, 0.6) is 0 Å². The van der Waals surface area contributed by atoms with Crippen molar-refractivity contribution in [3.63, 3.8) is 0 Å². The summed E-state index contributed by atoms with van der Waals surface area (Å²) in [4.78, 5) is 11.4. The maximum atomic E-state index is 11.4. The molecule has 0 aromatic carbocycles. The summed E-state index contributed by atoms with van der Waals surface area (Å²) in [5.41, 5.74) is 0.243. The molecule has 0 radical (unpaired) electrons. The minimum absolute atomic E-state index is 0.243. The predicted molar refractivity (Wildman–Crippen MR) is 89.2 cm³/mol. The first-order chi connectivity index (χ1) is 10.1. The van der Waals surface area contributed by atoms with Crippen LogP contribution in [-0.2, 0) is 9.53 Å². The number of unbranched alkanes of at least 4 members (excludes halogenated alkanes) is 2. The molecule has 0 atom stereocenters. The minimum Gasteiger partial charge on any atom is -0.462 e. The second-order valence-corrected chi connectivity index (χ2v) is 7.22. The van der Waals surface area contributed by atoms with Gasteiger partial charge < -0.3 is 4.74 Å². The van der Waals surface area contributed by atoms with E-state index in [9.17, 15) is 4.79 Å². The van der Waals surface area contributed by atoms with Crippen LogP contribution >= 0.6 is 0 Å². The lowest BCUT2D eigenvalue weighted by Crippen LogP contribution is -2.28. The van der Waals surface area contributed by atoms with Crippen LogP contribution in [0.4, 0.5) is 0 Å². The fraction of sp³-hybridized carbons (Fsp3) is 0.842. The first-order valence-corrected chi connectivity index (χ1v) is 8.87. The number of esters is 1. The number of carbonyl (C=O) groups excluding carboxylic acids is 1. The third-order valence-corrected chi connectivity index (χ3v) is 4.84. The maximum absolute atomic E-state index is 11.4. The van der Waals surface area contributed by atoms with Crippen molar-refractivity contribution in [2.75, 3.05) is 6.61 Å². The van der Waals surface area contributed by atoms with Gasteiger partial charge in [0.2, 0.25) is 0 Å². The third-order valence-electron chi connectivity index (χ3n) is 4.84. The Bertz CT molecular complexity index is 299. The maximum Gasteiger partial charge on any atom is 0.330 e. The Morgan fingerprint density at radius 3 is 2.38 bits per heavy atom. The molecule has 0 aromatic heterocycles. The second kappa shape index (κ2) is 10.0. The number of carbonyl (C=O) groups is 1. The van der Waals surface area contributed by atoms with Crippen LogP contribution in [0.3, 0.4) is 0 Å². The molecular formula is C19H34O2.